The van der Waals surface area contributed by atoms with Crippen LogP contribution in [0.3, 0.4) is 0 Å². The van der Waals surface area contributed by atoms with Gasteiger partial charge in [0.05, 0.1) is 48.7 Å². The van der Waals surface area contributed by atoms with Crippen LogP contribution < -0.4 is 19.5 Å². The lowest BCUT2D eigenvalue weighted by atomic mass is 10.0. The lowest BCUT2D eigenvalue weighted by molar-refractivity contribution is 0.0321. The third-order valence-electron chi connectivity index (χ3n) is 6.88. The van der Waals surface area contributed by atoms with Crippen LogP contribution in [-0.2, 0) is 4.74 Å². The highest BCUT2D eigenvalue weighted by Crippen LogP contribution is 2.41. The van der Waals surface area contributed by atoms with Crippen molar-refractivity contribution < 1.29 is 18.9 Å². The minimum absolute atomic E-state index is 0.433. The van der Waals surface area contributed by atoms with Gasteiger partial charge in [-0.25, -0.2) is 0 Å². The van der Waals surface area contributed by atoms with Crippen molar-refractivity contribution in [1.29, 1.82) is 5.26 Å². The number of nitriles is 1. The van der Waals surface area contributed by atoms with Gasteiger partial charge in [0.1, 0.15) is 18.4 Å². The van der Waals surface area contributed by atoms with Gasteiger partial charge in [-0.1, -0.05) is 11.6 Å². The highest BCUT2D eigenvalue weighted by molar-refractivity contribution is 6.32. The number of aryl methyl sites for hydroxylation is 1. The van der Waals surface area contributed by atoms with Gasteiger partial charge in [-0.2, -0.15) is 5.26 Å². The Kier molecular flexibility index (Phi) is 8.22. The molecular formula is C30H31ClN4O4. The van der Waals surface area contributed by atoms with Gasteiger partial charge in [0.2, 0.25) is 0 Å². The number of anilines is 2. The van der Waals surface area contributed by atoms with Crippen molar-refractivity contribution in [2.75, 3.05) is 58.5 Å². The number of halogens is 1. The molecule has 0 spiro atoms. The fraction of sp³-hybridized carbons (Fsp3) is 0.333. The minimum Gasteiger partial charge on any atom is -0.495 e. The SMILES string of the molecule is CCOc1ccc2c(ccc3c(Nc4cc(OC)c(Cl)cc4C)c(C#N)cnc32)c1OCCN1CCOCC1. The summed E-state index contributed by atoms with van der Waals surface area (Å²) in [6.07, 6.45) is 1.60. The van der Waals surface area contributed by atoms with E-state index in [2.05, 4.69) is 16.3 Å². The summed E-state index contributed by atoms with van der Waals surface area (Å²) >= 11 is 6.31. The largest absolute Gasteiger partial charge is 0.495 e. The second kappa shape index (κ2) is 12.0. The first kappa shape index (κ1) is 26.8. The molecule has 0 radical (unpaired) electrons. The Morgan fingerprint density at radius 2 is 1.85 bits per heavy atom. The number of fused-ring (bicyclic) bond motifs is 3. The van der Waals surface area contributed by atoms with Gasteiger partial charge < -0.3 is 24.3 Å². The Morgan fingerprint density at radius 3 is 2.59 bits per heavy atom. The maximum absolute atomic E-state index is 9.90. The average Bonchev–Trinajstić information content (AvgIpc) is 2.95. The Morgan fingerprint density at radius 1 is 1.08 bits per heavy atom. The van der Waals surface area contributed by atoms with Gasteiger partial charge >= 0.3 is 0 Å². The summed E-state index contributed by atoms with van der Waals surface area (Å²) in [5, 5.41) is 16.5. The number of nitrogens with zero attached hydrogens (tertiary/aromatic N) is 3. The normalized spacial score (nSPS) is 13.8. The fourth-order valence-electron chi connectivity index (χ4n) is 4.84. The number of hydrogen-bond acceptors (Lipinski definition) is 8. The van der Waals surface area contributed by atoms with Crippen molar-refractivity contribution >= 4 is 44.7 Å². The van der Waals surface area contributed by atoms with E-state index in [4.69, 9.17) is 35.5 Å². The van der Waals surface area contributed by atoms with Gasteiger partial charge in [0, 0.05) is 53.7 Å². The number of methoxy groups -OCH3 is 1. The molecule has 1 fully saturated rings. The van der Waals surface area contributed by atoms with E-state index in [1.165, 1.54) is 0 Å². The second-order valence-corrected chi connectivity index (χ2v) is 9.68. The Bertz CT molecular complexity index is 1550. The van der Waals surface area contributed by atoms with Crippen molar-refractivity contribution in [2.24, 2.45) is 0 Å². The Balaban J connectivity index is 1.57. The summed E-state index contributed by atoms with van der Waals surface area (Å²) in [5.74, 6) is 1.94. The number of benzene rings is 3. The van der Waals surface area contributed by atoms with Gasteiger partial charge in [0.15, 0.2) is 11.5 Å². The lowest BCUT2D eigenvalue weighted by Crippen LogP contribution is -2.38. The molecule has 0 unspecified atom stereocenters. The molecule has 3 aromatic carbocycles. The molecule has 5 rings (SSSR count). The molecule has 9 heteroatoms. The van der Waals surface area contributed by atoms with Gasteiger partial charge in [-0.15, -0.1) is 0 Å². The molecular weight excluding hydrogens is 516 g/mol. The second-order valence-electron chi connectivity index (χ2n) is 9.27. The molecule has 1 aromatic heterocycles. The molecule has 2 heterocycles. The van der Waals surface area contributed by atoms with E-state index in [1.807, 2.05) is 50.2 Å². The van der Waals surface area contributed by atoms with E-state index >= 15 is 0 Å². The average molecular weight is 547 g/mol. The van der Waals surface area contributed by atoms with E-state index in [1.54, 1.807) is 13.3 Å². The lowest BCUT2D eigenvalue weighted by Gasteiger charge is -2.26. The highest BCUT2D eigenvalue weighted by Gasteiger charge is 2.18. The topological polar surface area (TPSA) is 88.9 Å². The van der Waals surface area contributed by atoms with E-state index in [-0.39, 0.29) is 0 Å². The third-order valence-corrected chi connectivity index (χ3v) is 7.18. The van der Waals surface area contributed by atoms with E-state index in [0.29, 0.717) is 46.7 Å². The van der Waals surface area contributed by atoms with Gasteiger partial charge in [-0.3, -0.25) is 9.88 Å². The van der Waals surface area contributed by atoms with Crippen LogP contribution in [-0.4, -0.2) is 63.1 Å². The predicted octanol–water partition coefficient (Wildman–Crippen LogP) is 6.08. The smallest absolute Gasteiger partial charge is 0.169 e. The third kappa shape index (κ3) is 5.52. The van der Waals surface area contributed by atoms with Crippen LogP contribution >= 0.6 is 11.6 Å². The van der Waals surface area contributed by atoms with Crippen LogP contribution in [0.4, 0.5) is 11.4 Å². The molecule has 202 valence electrons. The Hall–Kier alpha value is -3.77. The van der Waals surface area contributed by atoms with Crippen LogP contribution in [0.1, 0.15) is 18.1 Å². The number of rotatable bonds is 9. The van der Waals surface area contributed by atoms with E-state index < -0.39 is 0 Å². The zero-order valence-corrected chi connectivity index (χ0v) is 23.1. The first-order chi connectivity index (χ1) is 19.0. The van der Waals surface area contributed by atoms with Crippen molar-refractivity contribution in [3.63, 3.8) is 0 Å². The summed E-state index contributed by atoms with van der Waals surface area (Å²) in [4.78, 5) is 7.03. The molecule has 0 bridgehead atoms. The molecule has 0 amide bonds. The minimum atomic E-state index is 0.433. The monoisotopic (exact) mass is 546 g/mol. The molecule has 0 atom stereocenters. The van der Waals surface area contributed by atoms with Crippen LogP contribution in [0.25, 0.3) is 21.7 Å². The first-order valence-electron chi connectivity index (χ1n) is 13.0. The molecule has 1 N–H and O–H groups in total. The van der Waals surface area contributed by atoms with E-state index in [9.17, 15) is 5.26 Å². The molecule has 0 saturated carbocycles. The van der Waals surface area contributed by atoms with Crippen molar-refractivity contribution in [3.8, 4) is 23.3 Å². The summed E-state index contributed by atoms with van der Waals surface area (Å²) in [7, 11) is 1.58. The number of aromatic nitrogens is 1. The number of ether oxygens (including phenoxy) is 4. The molecule has 0 aliphatic carbocycles. The summed E-state index contributed by atoms with van der Waals surface area (Å²) in [6.45, 7) is 9.08. The van der Waals surface area contributed by atoms with Gasteiger partial charge in [-0.05, 0) is 49.7 Å². The highest BCUT2D eigenvalue weighted by atomic mass is 35.5. The molecule has 1 aliphatic rings. The van der Waals surface area contributed by atoms with Crippen LogP contribution in [0.5, 0.6) is 17.2 Å². The summed E-state index contributed by atoms with van der Waals surface area (Å²) < 4.78 is 23.1. The standard InChI is InChI=1S/C30H31ClN4O4/c1-4-38-26-8-7-21-22(30(26)39-14-11-35-9-12-37-13-10-35)5-6-23-28(20(17-32)18-33-29(21)23)34-25-16-27(36-3)24(31)15-19(25)2/h5-8,15-16,18H,4,9-14H2,1-3H3,(H,33,34). The molecule has 1 aliphatic heterocycles. The fourth-order valence-corrected chi connectivity index (χ4v) is 5.13. The number of hydrogen-bond donors (Lipinski definition) is 1. The zero-order valence-electron chi connectivity index (χ0n) is 22.3. The van der Waals surface area contributed by atoms with Crippen LogP contribution in [0.15, 0.2) is 42.6 Å². The van der Waals surface area contributed by atoms with Crippen LogP contribution in [0.2, 0.25) is 5.02 Å². The molecule has 39 heavy (non-hydrogen) atoms. The van der Waals surface area contributed by atoms with E-state index in [0.717, 1.165) is 65.8 Å². The first-order valence-corrected chi connectivity index (χ1v) is 13.4. The van der Waals surface area contributed by atoms with Crippen molar-refractivity contribution in [1.82, 2.24) is 9.88 Å². The van der Waals surface area contributed by atoms with Crippen molar-refractivity contribution in [3.05, 3.63) is 58.7 Å². The molecule has 4 aromatic rings. The van der Waals surface area contributed by atoms with Crippen molar-refractivity contribution in [2.45, 2.75) is 13.8 Å². The maximum Gasteiger partial charge on any atom is 0.169 e. The number of morpholine rings is 1. The quantitative estimate of drug-likeness (QED) is 0.252. The molecule has 8 nitrogen and oxygen atoms in total. The zero-order chi connectivity index (χ0) is 27.4. The summed E-state index contributed by atoms with van der Waals surface area (Å²) in [6, 6.07) is 13.8. The Labute approximate surface area is 233 Å². The summed E-state index contributed by atoms with van der Waals surface area (Å²) in [5.41, 5.74) is 3.57. The number of pyridine rings is 1. The number of nitrogens with one attached hydrogen (secondary N) is 1. The van der Waals surface area contributed by atoms with Crippen LogP contribution in [0, 0.1) is 18.3 Å². The predicted molar refractivity (Wildman–Crippen MR) is 154 cm³/mol. The maximum atomic E-state index is 9.90. The van der Waals surface area contributed by atoms with Gasteiger partial charge in [0.25, 0.3) is 0 Å². The molecule has 1 saturated heterocycles.